The SMILES string of the molecule is N#CC(c1ccccc1)[C@@H](N)C(=O)O. The van der Waals surface area contributed by atoms with Crippen molar-refractivity contribution >= 4 is 5.97 Å². The summed E-state index contributed by atoms with van der Waals surface area (Å²) in [6.45, 7) is 0. The molecule has 0 radical (unpaired) electrons. The van der Waals surface area contributed by atoms with Crippen LogP contribution in [0.5, 0.6) is 0 Å². The molecule has 4 heteroatoms. The molecule has 0 saturated heterocycles. The molecule has 1 aromatic rings. The highest BCUT2D eigenvalue weighted by Crippen LogP contribution is 2.17. The highest BCUT2D eigenvalue weighted by atomic mass is 16.4. The molecule has 72 valence electrons. The quantitative estimate of drug-likeness (QED) is 0.734. The molecule has 3 N–H and O–H groups in total. The van der Waals surface area contributed by atoms with Crippen LogP contribution >= 0.6 is 0 Å². The van der Waals surface area contributed by atoms with Crippen LogP contribution in [0.2, 0.25) is 0 Å². The number of nitrogens with zero attached hydrogens (tertiary/aromatic N) is 1. The van der Waals surface area contributed by atoms with Crippen LogP contribution in [-0.2, 0) is 4.79 Å². The Labute approximate surface area is 81.6 Å². The molecule has 4 nitrogen and oxygen atoms in total. The molecular formula is C10H10N2O2. The zero-order valence-electron chi connectivity index (χ0n) is 7.42. The number of nitrogens with two attached hydrogens (primary N) is 1. The van der Waals surface area contributed by atoms with Crippen molar-refractivity contribution < 1.29 is 9.90 Å². The highest BCUT2D eigenvalue weighted by Gasteiger charge is 2.25. The lowest BCUT2D eigenvalue weighted by molar-refractivity contribution is -0.138. The van der Waals surface area contributed by atoms with E-state index in [4.69, 9.17) is 16.1 Å². The highest BCUT2D eigenvalue weighted by molar-refractivity contribution is 5.75. The number of rotatable bonds is 3. The lowest BCUT2D eigenvalue weighted by Crippen LogP contribution is -2.35. The minimum absolute atomic E-state index is 0.630. The Morgan fingerprint density at radius 2 is 2.00 bits per heavy atom. The van der Waals surface area contributed by atoms with E-state index in [1.54, 1.807) is 30.3 Å². The topological polar surface area (TPSA) is 87.1 Å². The molecule has 14 heavy (non-hydrogen) atoms. The first-order chi connectivity index (χ1) is 6.66. The second-order valence-electron chi connectivity index (χ2n) is 2.88. The molecule has 0 saturated carbocycles. The second kappa shape index (κ2) is 4.40. The molecule has 0 fully saturated rings. The molecule has 0 aliphatic rings. The Morgan fingerprint density at radius 3 is 2.43 bits per heavy atom. The number of aliphatic carboxylic acids is 1. The monoisotopic (exact) mass is 190 g/mol. The number of carboxylic acid groups (broad SMARTS) is 1. The summed E-state index contributed by atoms with van der Waals surface area (Å²) in [5, 5.41) is 17.5. The zero-order valence-corrected chi connectivity index (χ0v) is 7.42. The van der Waals surface area contributed by atoms with Crippen LogP contribution in [0.1, 0.15) is 11.5 Å². The minimum atomic E-state index is -1.18. The summed E-state index contributed by atoms with van der Waals surface area (Å²) in [5.41, 5.74) is 6.01. The molecule has 1 rings (SSSR count). The van der Waals surface area contributed by atoms with E-state index in [-0.39, 0.29) is 0 Å². The van der Waals surface area contributed by atoms with Crippen molar-refractivity contribution in [3.63, 3.8) is 0 Å². The van der Waals surface area contributed by atoms with Crippen LogP contribution in [0.25, 0.3) is 0 Å². The lowest BCUT2D eigenvalue weighted by Gasteiger charge is -2.13. The van der Waals surface area contributed by atoms with Gasteiger partial charge in [-0.15, -0.1) is 0 Å². The van der Waals surface area contributed by atoms with Gasteiger partial charge in [0, 0.05) is 0 Å². The van der Waals surface area contributed by atoms with Gasteiger partial charge in [0.1, 0.15) is 6.04 Å². The standard InChI is InChI=1S/C10H10N2O2/c11-6-8(9(12)10(13)14)7-4-2-1-3-5-7/h1-5,8-9H,12H2,(H,13,14)/t8?,9-/m1/s1. The van der Waals surface area contributed by atoms with Crippen molar-refractivity contribution in [1.82, 2.24) is 0 Å². The second-order valence-corrected chi connectivity index (χ2v) is 2.88. The third-order valence-electron chi connectivity index (χ3n) is 1.94. The summed E-state index contributed by atoms with van der Waals surface area (Å²) < 4.78 is 0. The molecule has 0 bridgehead atoms. The number of carbonyl (C=O) groups is 1. The van der Waals surface area contributed by atoms with E-state index < -0.39 is 17.9 Å². The molecule has 0 aliphatic carbocycles. The van der Waals surface area contributed by atoms with Gasteiger partial charge in [-0.2, -0.15) is 5.26 Å². The first-order valence-corrected chi connectivity index (χ1v) is 4.09. The van der Waals surface area contributed by atoms with Crippen molar-refractivity contribution in [3.8, 4) is 6.07 Å². The van der Waals surface area contributed by atoms with Crippen LogP contribution in [0.3, 0.4) is 0 Å². The maximum Gasteiger partial charge on any atom is 0.322 e. The van der Waals surface area contributed by atoms with Gasteiger partial charge in [-0.1, -0.05) is 30.3 Å². The van der Waals surface area contributed by atoms with Crippen LogP contribution < -0.4 is 5.73 Å². The van der Waals surface area contributed by atoms with Gasteiger partial charge in [0.15, 0.2) is 0 Å². The number of benzene rings is 1. The fraction of sp³-hybridized carbons (Fsp3) is 0.200. The number of carboxylic acids is 1. The van der Waals surface area contributed by atoms with E-state index in [1.165, 1.54) is 0 Å². The smallest absolute Gasteiger partial charge is 0.322 e. The van der Waals surface area contributed by atoms with Crippen LogP contribution in [0.4, 0.5) is 0 Å². The third kappa shape index (κ3) is 2.09. The van der Waals surface area contributed by atoms with Gasteiger partial charge < -0.3 is 10.8 Å². The lowest BCUT2D eigenvalue weighted by atomic mass is 9.93. The Morgan fingerprint density at radius 1 is 1.43 bits per heavy atom. The third-order valence-corrected chi connectivity index (χ3v) is 1.94. The summed E-state index contributed by atoms with van der Waals surface area (Å²) in [4.78, 5) is 10.6. The minimum Gasteiger partial charge on any atom is -0.480 e. The molecule has 0 aromatic heterocycles. The van der Waals surface area contributed by atoms with Crippen LogP contribution in [-0.4, -0.2) is 17.1 Å². The molecule has 0 heterocycles. The molecular weight excluding hydrogens is 180 g/mol. The summed E-state index contributed by atoms with van der Waals surface area (Å²) in [6, 6.07) is 9.38. The van der Waals surface area contributed by atoms with E-state index in [9.17, 15) is 4.79 Å². The molecule has 0 amide bonds. The van der Waals surface area contributed by atoms with E-state index >= 15 is 0 Å². The average Bonchev–Trinajstić information content (AvgIpc) is 2.20. The predicted molar refractivity (Wildman–Crippen MR) is 50.4 cm³/mol. The van der Waals surface area contributed by atoms with E-state index in [0.29, 0.717) is 5.56 Å². The summed E-state index contributed by atoms with van der Waals surface area (Å²) in [5.74, 6) is -1.96. The van der Waals surface area contributed by atoms with Crippen LogP contribution in [0, 0.1) is 11.3 Å². The maximum absolute atomic E-state index is 10.6. The number of hydrogen-bond donors (Lipinski definition) is 2. The fourth-order valence-electron chi connectivity index (χ4n) is 1.17. The summed E-state index contributed by atoms with van der Waals surface area (Å²) in [6.07, 6.45) is 0. The molecule has 0 spiro atoms. The van der Waals surface area contributed by atoms with Gasteiger partial charge in [-0.05, 0) is 5.56 Å². The molecule has 2 atom stereocenters. The Hall–Kier alpha value is -1.86. The first kappa shape index (κ1) is 10.2. The Balaban J connectivity index is 2.95. The van der Waals surface area contributed by atoms with Gasteiger partial charge in [0.2, 0.25) is 0 Å². The number of nitriles is 1. The van der Waals surface area contributed by atoms with Crippen molar-refractivity contribution in [3.05, 3.63) is 35.9 Å². The van der Waals surface area contributed by atoms with Gasteiger partial charge in [-0.25, -0.2) is 0 Å². The van der Waals surface area contributed by atoms with Gasteiger partial charge in [-0.3, -0.25) is 4.79 Å². The first-order valence-electron chi connectivity index (χ1n) is 4.09. The average molecular weight is 190 g/mol. The summed E-state index contributed by atoms with van der Waals surface area (Å²) >= 11 is 0. The predicted octanol–water partition coefficient (Wildman–Crippen LogP) is 0.706. The van der Waals surface area contributed by atoms with E-state index in [2.05, 4.69) is 0 Å². The fourth-order valence-corrected chi connectivity index (χ4v) is 1.17. The van der Waals surface area contributed by atoms with Crippen molar-refractivity contribution in [1.29, 1.82) is 5.26 Å². The largest absolute Gasteiger partial charge is 0.480 e. The van der Waals surface area contributed by atoms with Crippen molar-refractivity contribution in [2.75, 3.05) is 0 Å². The maximum atomic E-state index is 10.6. The Bertz CT molecular complexity index is 356. The van der Waals surface area contributed by atoms with E-state index in [1.807, 2.05) is 6.07 Å². The zero-order chi connectivity index (χ0) is 10.6. The Kier molecular flexibility index (Phi) is 3.21. The van der Waals surface area contributed by atoms with E-state index in [0.717, 1.165) is 0 Å². The number of hydrogen-bond acceptors (Lipinski definition) is 3. The molecule has 1 unspecified atom stereocenters. The normalized spacial score (nSPS) is 14.0. The molecule has 0 aliphatic heterocycles. The van der Waals surface area contributed by atoms with Crippen molar-refractivity contribution in [2.24, 2.45) is 5.73 Å². The van der Waals surface area contributed by atoms with Gasteiger partial charge >= 0.3 is 5.97 Å². The van der Waals surface area contributed by atoms with Crippen LogP contribution in [0.15, 0.2) is 30.3 Å². The summed E-state index contributed by atoms with van der Waals surface area (Å²) in [7, 11) is 0. The molecule has 1 aromatic carbocycles. The van der Waals surface area contributed by atoms with Crippen molar-refractivity contribution in [2.45, 2.75) is 12.0 Å². The van der Waals surface area contributed by atoms with Gasteiger partial charge in [0.25, 0.3) is 0 Å². The van der Waals surface area contributed by atoms with Gasteiger partial charge in [0.05, 0.1) is 12.0 Å².